The molecule has 0 spiro atoms. The molecule has 0 radical (unpaired) electrons. The molecule has 0 amide bonds. The second kappa shape index (κ2) is 4.45. The summed E-state index contributed by atoms with van der Waals surface area (Å²) in [7, 11) is 0. The van der Waals surface area contributed by atoms with Crippen LogP contribution in [-0.4, -0.2) is 0 Å². The van der Waals surface area contributed by atoms with E-state index < -0.39 is 0 Å². The maximum atomic E-state index is 5.85. The Hall–Kier alpha value is -0.0500. The standard InChI is InChI=1S/C10H7Br2Cl/c1-6(11)10-8(7(2)13)4-3-5-9(10)12/h3-5H,1-2H2. The van der Waals surface area contributed by atoms with Crippen molar-refractivity contribution in [2.75, 3.05) is 0 Å². The fourth-order valence-corrected chi connectivity index (χ4v) is 2.48. The van der Waals surface area contributed by atoms with Crippen molar-refractivity contribution >= 4 is 53.0 Å². The summed E-state index contributed by atoms with van der Waals surface area (Å²) in [5.41, 5.74) is 1.83. The van der Waals surface area contributed by atoms with Crippen LogP contribution < -0.4 is 0 Å². The van der Waals surface area contributed by atoms with Gasteiger partial charge in [0.05, 0.1) is 0 Å². The third-order valence-corrected chi connectivity index (χ3v) is 2.84. The Morgan fingerprint density at radius 3 is 2.31 bits per heavy atom. The first kappa shape index (κ1) is 11.0. The summed E-state index contributed by atoms with van der Waals surface area (Å²) in [6.45, 7) is 7.51. The van der Waals surface area contributed by atoms with Gasteiger partial charge in [0, 0.05) is 25.1 Å². The van der Waals surface area contributed by atoms with Crippen molar-refractivity contribution in [3.8, 4) is 0 Å². The smallest absolute Gasteiger partial charge is 0.0413 e. The van der Waals surface area contributed by atoms with Crippen LogP contribution in [0, 0.1) is 0 Å². The van der Waals surface area contributed by atoms with Crippen LogP contribution in [0.4, 0.5) is 0 Å². The van der Waals surface area contributed by atoms with E-state index in [0.29, 0.717) is 5.03 Å². The Bertz CT molecular complexity index is 369. The van der Waals surface area contributed by atoms with Crippen LogP contribution in [0.2, 0.25) is 0 Å². The van der Waals surface area contributed by atoms with Crippen molar-refractivity contribution in [3.63, 3.8) is 0 Å². The van der Waals surface area contributed by atoms with E-state index in [-0.39, 0.29) is 0 Å². The molecule has 1 aromatic carbocycles. The van der Waals surface area contributed by atoms with Crippen molar-refractivity contribution in [2.24, 2.45) is 0 Å². The summed E-state index contributed by atoms with van der Waals surface area (Å²) in [6.07, 6.45) is 0. The van der Waals surface area contributed by atoms with Crippen LogP contribution in [0.25, 0.3) is 9.51 Å². The third kappa shape index (κ3) is 2.46. The quantitative estimate of drug-likeness (QED) is 0.717. The first-order valence-corrected chi connectivity index (χ1v) is 5.48. The van der Waals surface area contributed by atoms with Gasteiger partial charge in [-0.25, -0.2) is 0 Å². The second-order valence-electron chi connectivity index (χ2n) is 2.47. The zero-order valence-electron chi connectivity index (χ0n) is 6.78. The molecule has 0 nitrogen and oxygen atoms in total. The molecule has 0 fully saturated rings. The van der Waals surface area contributed by atoms with Crippen molar-refractivity contribution in [1.82, 2.24) is 0 Å². The Labute approximate surface area is 99.6 Å². The SMILES string of the molecule is C=C(Cl)c1cccc(Br)c1C(=C)Br. The zero-order valence-corrected chi connectivity index (χ0v) is 10.7. The summed E-state index contributed by atoms with van der Waals surface area (Å²) in [5, 5.41) is 0.511. The van der Waals surface area contributed by atoms with Gasteiger partial charge < -0.3 is 0 Å². The van der Waals surface area contributed by atoms with Gasteiger partial charge in [-0.1, -0.05) is 68.8 Å². The summed E-state index contributed by atoms with van der Waals surface area (Å²) in [6, 6.07) is 5.75. The first-order chi connectivity index (χ1) is 6.04. The molecular formula is C10H7Br2Cl. The Morgan fingerprint density at radius 1 is 1.31 bits per heavy atom. The Morgan fingerprint density at radius 2 is 1.92 bits per heavy atom. The summed E-state index contributed by atoms with van der Waals surface area (Å²) >= 11 is 12.6. The highest BCUT2D eigenvalue weighted by molar-refractivity contribution is 9.15. The Kier molecular flexibility index (Phi) is 3.77. The van der Waals surface area contributed by atoms with Crippen molar-refractivity contribution in [1.29, 1.82) is 0 Å². The minimum absolute atomic E-state index is 0.511. The van der Waals surface area contributed by atoms with E-state index in [4.69, 9.17) is 11.6 Å². The highest BCUT2D eigenvalue weighted by Gasteiger charge is 2.09. The van der Waals surface area contributed by atoms with E-state index in [1.165, 1.54) is 0 Å². The molecule has 0 aliphatic heterocycles. The molecule has 0 aliphatic rings. The third-order valence-electron chi connectivity index (χ3n) is 1.58. The Balaban J connectivity index is 3.43. The molecule has 0 bridgehead atoms. The zero-order chi connectivity index (χ0) is 10.0. The van der Waals surface area contributed by atoms with E-state index in [2.05, 4.69) is 45.0 Å². The number of hydrogen-bond acceptors (Lipinski definition) is 0. The summed E-state index contributed by atoms with van der Waals surface area (Å²) in [5.74, 6) is 0. The molecule has 3 heteroatoms. The van der Waals surface area contributed by atoms with Crippen LogP contribution in [0.1, 0.15) is 11.1 Å². The molecule has 13 heavy (non-hydrogen) atoms. The van der Waals surface area contributed by atoms with Crippen LogP contribution in [0.5, 0.6) is 0 Å². The minimum atomic E-state index is 0.511. The lowest BCUT2D eigenvalue weighted by Gasteiger charge is -2.08. The predicted octanol–water partition coefficient (Wildman–Crippen LogP) is 5.02. The topological polar surface area (TPSA) is 0 Å². The second-order valence-corrected chi connectivity index (χ2v) is 4.74. The van der Waals surface area contributed by atoms with E-state index >= 15 is 0 Å². The molecule has 1 aromatic rings. The number of halogens is 3. The van der Waals surface area contributed by atoms with Crippen molar-refractivity contribution in [2.45, 2.75) is 0 Å². The molecule has 0 N–H and O–H groups in total. The van der Waals surface area contributed by atoms with Gasteiger partial charge >= 0.3 is 0 Å². The molecule has 0 saturated heterocycles. The molecular weight excluding hydrogens is 315 g/mol. The van der Waals surface area contributed by atoms with Crippen LogP contribution >= 0.6 is 43.5 Å². The number of hydrogen-bond donors (Lipinski definition) is 0. The van der Waals surface area contributed by atoms with Gasteiger partial charge in [-0.05, 0) is 6.07 Å². The number of benzene rings is 1. The fourth-order valence-electron chi connectivity index (χ4n) is 1.03. The molecule has 0 saturated carbocycles. The molecule has 0 unspecified atom stereocenters. The lowest BCUT2D eigenvalue weighted by Crippen LogP contribution is -1.86. The highest BCUT2D eigenvalue weighted by Crippen LogP contribution is 2.34. The van der Waals surface area contributed by atoms with E-state index in [0.717, 1.165) is 20.1 Å². The largest absolute Gasteiger partial charge is 0.0843 e. The van der Waals surface area contributed by atoms with Crippen molar-refractivity contribution in [3.05, 3.63) is 47.0 Å². The molecule has 0 heterocycles. The first-order valence-electron chi connectivity index (χ1n) is 3.52. The average molecular weight is 322 g/mol. The lowest BCUT2D eigenvalue weighted by atomic mass is 10.1. The minimum Gasteiger partial charge on any atom is -0.0843 e. The average Bonchev–Trinajstić information content (AvgIpc) is 2.02. The van der Waals surface area contributed by atoms with E-state index in [1.807, 2.05) is 18.2 Å². The van der Waals surface area contributed by atoms with Gasteiger partial charge in [-0.3, -0.25) is 0 Å². The van der Waals surface area contributed by atoms with Crippen LogP contribution in [-0.2, 0) is 0 Å². The summed E-state index contributed by atoms with van der Waals surface area (Å²) in [4.78, 5) is 0. The van der Waals surface area contributed by atoms with Crippen molar-refractivity contribution < 1.29 is 0 Å². The molecule has 0 atom stereocenters. The molecule has 1 rings (SSSR count). The maximum absolute atomic E-state index is 5.85. The van der Waals surface area contributed by atoms with Crippen LogP contribution in [0.15, 0.2) is 35.8 Å². The highest BCUT2D eigenvalue weighted by atomic mass is 79.9. The van der Waals surface area contributed by atoms with Gasteiger partial charge in [0.2, 0.25) is 0 Å². The fraction of sp³-hybridized carbons (Fsp3) is 0. The van der Waals surface area contributed by atoms with Gasteiger partial charge in [0.1, 0.15) is 0 Å². The van der Waals surface area contributed by atoms with Gasteiger partial charge in [-0.15, -0.1) is 0 Å². The lowest BCUT2D eigenvalue weighted by molar-refractivity contribution is 1.55. The van der Waals surface area contributed by atoms with Crippen LogP contribution in [0.3, 0.4) is 0 Å². The van der Waals surface area contributed by atoms with E-state index in [1.54, 1.807) is 0 Å². The molecule has 0 aromatic heterocycles. The molecule has 0 aliphatic carbocycles. The monoisotopic (exact) mass is 320 g/mol. The number of rotatable bonds is 2. The van der Waals surface area contributed by atoms with E-state index in [9.17, 15) is 0 Å². The predicted molar refractivity (Wildman–Crippen MR) is 67.0 cm³/mol. The normalized spacial score (nSPS) is 9.77. The summed E-state index contributed by atoms with van der Waals surface area (Å²) < 4.78 is 1.74. The van der Waals surface area contributed by atoms with Gasteiger partial charge in [0.15, 0.2) is 0 Å². The van der Waals surface area contributed by atoms with Gasteiger partial charge in [0.25, 0.3) is 0 Å². The van der Waals surface area contributed by atoms with Gasteiger partial charge in [-0.2, -0.15) is 0 Å². The molecule has 68 valence electrons. The maximum Gasteiger partial charge on any atom is 0.0413 e.